The highest BCUT2D eigenvalue weighted by atomic mass is 35.5. The average molecular weight is 447 g/mol. The Labute approximate surface area is 184 Å². The van der Waals surface area contributed by atoms with Crippen molar-refractivity contribution < 1.29 is 14.2 Å². The number of halogens is 2. The van der Waals surface area contributed by atoms with Crippen molar-refractivity contribution in [3.63, 3.8) is 0 Å². The number of methoxy groups -OCH3 is 2. The highest BCUT2D eigenvalue weighted by Crippen LogP contribution is 2.50. The standard InChI is InChI=1S/C21H20Cl2N4O3/c1-28-14-7-6-10(8-15(14)29-2)19-17-16(11-4-3-5-13(22)18(11)23)12(9-24)20(25)30-21(17)27-26-19/h3-8,16-17,19,21,26-27H,25H2,1-2H3. The van der Waals surface area contributed by atoms with E-state index in [1.807, 2.05) is 24.3 Å². The molecule has 30 heavy (non-hydrogen) atoms. The largest absolute Gasteiger partial charge is 0.493 e. The molecule has 4 N–H and O–H groups in total. The van der Waals surface area contributed by atoms with E-state index in [0.717, 1.165) is 11.1 Å². The predicted octanol–water partition coefficient (Wildman–Crippen LogP) is 3.61. The zero-order chi connectivity index (χ0) is 21.4. The van der Waals surface area contributed by atoms with Gasteiger partial charge in [-0.1, -0.05) is 41.4 Å². The van der Waals surface area contributed by atoms with E-state index in [-0.39, 0.29) is 17.8 Å². The number of hydrogen-bond acceptors (Lipinski definition) is 7. The summed E-state index contributed by atoms with van der Waals surface area (Å²) < 4.78 is 16.6. The van der Waals surface area contributed by atoms with E-state index in [9.17, 15) is 5.26 Å². The van der Waals surface area contributed by atoms with Crippen LogP contribution in [0.3, 0.4) is 0 Å². The first-order chi connectivity index (χ1) is 14.5. The van der Waals surface area contributed by atoms with E-state index >= 15 is 0 Å². The van der Waals surface area contributed by atoms with Crippen molar-refractivity contribution in [3.05, 3.63) is 69.0 Å². The van der Waals surface area contributed by atoms with Crippen LogP contribution in [0.2, 0.25) is 10.0 Å². The summed E-state index contributed by atoms with van der Waals surface area (Å²) in [5.41, 5.74) is 14.4. The van der Waals surface area contributed by atoms with Crippen molar-refractivity contribution in [2.45, 2.75) is 18.2 Å². The second-order valence-corrected chi connectivity index (χ2v) is 7.79. The van der Waals surface area contributed by atoms with Crippen LogP contribution in [0.15, 0.2) is 47.9 Å². The lowest BCUT2D eigenvalue weighted by Gasteiger charge is -2.36. The number of nitrogens with zero attached hydrogens (tertiary/aromatic N) is 1. The van der Waals surface area contributed by atoms with Gasteiger partial charge in [0.15, 0.2) is 17.7 Å². The fourth-order valence-electron chi connectivity index (χ4n) is 4.16. The number of benzene rings is 2. The first kappa shape index (κ1) is 20.6. The minimum Gasteiger partial charge on any atom is -0.493 e. The number of nitriles is 1. The number of nitrogens with two attached hydrogens (primary N) is 1. The Morgan fingerprint density at radius 3 is 2.57 bits per heavy atom. The molecule has 9 heteroatoms. The number of rotatable bonds is 4. The Hall–Kier alpha value is -2.63. The van der Waals surface area contributed by atoms with Crippen molar-refractivity contribution in [2.24, 2.45) is 11.7 Å². The lowest BCUT2D eigenvalue weighted by atomic mass is 9.74. The molecule has 2 aliphatic rings. The summed E-state index contributed by atoms with van der Waals surface area (Å²) in [6.45, 7) is 0. The van der Waals surface area contributed by atoms with Crippen LogP contribution in [0.4, 0.5) is 0 Å². The van der Waals surface area contributed by atoms with Crippen LogP contribution in [0.25, 0.3) is 0 Å². The average Bonchev–Trinajstić information content (AvgIpc) is 3.17. The predicted molar refractivity (Wildman–Crippen MR) is 113 cm³/mol. The van der Waals surface area contributed by atoms with Crippen molar-refractivity contribution in [1.82, 2.24) is 10.9 Å². The molecule has 4 rings (SSSR count). The molecule has 1 saturated heterocycles. The first-order valence-electron chi connectivity index (χ1n) is 9.23. The highest BCUT2D eigenvalue weighted by Gasteiger charge is 2.49. The molecule has 0 amide bonds. The molecule has 0 radical (unpaired) electrons. The third-order valence-electron chi connectivity index (χ3n) is 5.53. The topological polar surface area (TPSA) is 102 Å². The maximum absolute atomic E-state index is 9.86. The zero-order valence-corrected chi connectivity index (χ0v) is 17.8. The molecule has 2 aliphatic heterocycles. The van der Waals surface area contributed by atoms with Gasteiger partial charge in [-0.15, -0.1) is 0 Å². The monoisotopic (exact) mass is 446 g/mol. The summed E-state index contributed by atoms with van der Waals surface area (Å²) in [7, 11) is 3.17. The second-order valence-electron chi connectivity index (χ2n) is 7.01. The van der Waals surface area contributed by atoms with E-state index < -0.39 is 12.1 Å². The van der Waals surface area contributed by atoms with Gasteiger partial charge in [-0.25, -0.2) is 10.9 Å². The Kier molecular flexibility index (Phi) is 5.67. The molecular formula is C21H20Cl2N4O3. The maximum atomic E-state index is 9.86. The Morgan fingerprint density at radius 2 is 1.87 bits per heavy atom. The van der Waals surface area contributed by atoms with Crippen molar-refractivity contribution in [2.75, 3.05) is 14.2 Å². The molecule has 0 saturated carbocycles. The van der Waals surface area contributed by atoms with Crippen LogP contribution in [-0.2, 0) is 4.74 Å². The van der Waals surface area contributed by atoms with Crippen molar-refractivity contribution in [1.29, 1.82) is 5.26 Å². The minimum atomic E-state index is -0.472. The Morgan fingerprint density at radius 1 is 1.10 bits per heavy atom. The second kappa shape index (κ2) is 8.25. The van der Waals surface area contributed by atoms with Crippen LogP contribution < -0.4 is 26.1 Å². The summed E-state index contributed by atoms with van der Waals surface area (Å²) >= 11 is 12.8. The van der Waals surface area contributed by atoms with Gasteiger partial charge in [0, 0.05) is 11.8 Å². The smallest absolute Gasteiger partial charge is 0.200 e. The van der Waals surface area contributed by atoms with Gasteiger partial charge in [-0.05, 0) is 29.3 Å². The molecule has 1 fully saturated rings. The van der Waals surface area contributed by atoms with Crippen LogP contribution in [-0.4, -0.2) is 20.4 Å². The zero-order valence-electron chi connectivity index (χ0n) is 16.3. The van der Waals surface area contributed by atoms with Crippen LogP contribution in [0.5, 0.6) is 11.5 Å². The Bertz CT molecular complexity index is 1050. The third-order valence-corrected chi connectivity index (χ3v) is 6.37. The van der Waals surface area contributed by atoms with E-state index in [0.29, 0.717) is 27.1 Å². The molecule has 2 heterocycles. The fraction of sp³-hybridized carbons (Fsp3) is 0.286. The van der Waals surface area contributed by atoms with Gasteiger partial charge in [0.05, 0.1) is 35.9 Å². The summed E-state index contributed by atoms with van der Waals surface area (Å²) in [6, 6.07) is 13.0. The molecule has 156 valence electrons. The van der Waals surface area contributed by atoms with E-state index in [4.69, 9.17) is 43.1 Å². The lowest BCUT2D eigenvalue weighted by Crippen LogP contribution is -2.41. The molecule has 0 aliphatic carbocycles. The minimum absolute atomic E-state index is 0.0713. The quantitative estimate of drug-likeness (QED) is 0.658. The van der Waals surface area contributed by atoms with Crippen LogP contribution in [0, 0.1) is 17.2 Å². The van der Waals surface area contributed by atoms with E-state index in [2.05, 4.69) is 16.9 Å². The van der Waals surface area contributed by atoms with E-state index in [1.54, 1.807) is 26.4 Å². The number of allylic oxidation sites excluding steroid dienone is 1. The number of fused-ring (bicyclic) bond motifs is 1. The summed E-state index contributed by atoms with van der Waals surface area (Å²) in [6.07, 6.45) is -0.472. The molecule has 2 aromatic rings. The molecule has 2 aromatic carbocycles. The SMILES string of the molecule is COc1ccc(C2NNC3OC(N)=C(C#N)C(c4cccc(Cl)c4Cl)C32)cc1OC. The molecule has 4 unspecified atom stereocenters. The molecular weight excluding hydrogens is 427 g/mol. The van der Waals surface area contributed by atoms with Gasteiger partial charge < -0.3 is 19.9 Å². The summed E-state index contributed by atoms with van der Waals surface area (Å²) in [5.74, 6) is 0.633. The number of hydrogen-bond donors (Lipinski definition) is 3. The first-order valence-corrected chi connectivity index (χ1v) is 9.99. The molecule has 0 bridgehead atoms. The van der Waals surface area contributed by atoms with Crippen LogP contribution in [0.1, 0.15) is 23.1 Å². The lowest BCUT2D eigenvalue weighted by molar-refractivity contribution is 0.0341. The maximum Gasteiger partial charge on any atom is 0.200 e. The van der Waals surface area contributed by atoms with Gasteiger partial charge in [0.2, 0.25) is 5.88 Å². The highest BCUT2D eigenvalue weighted by molar-refractivity contribution is 6.42. The normalized spacial score (nSPS) is 25.3. The summed E-state index contributed by atoms with van der Waals surface area (Å²) in [5, 5.41) is 10.7. The van der Waals surface area contributed by atoms with Gasteiger partial charge in [0.1, 0.15) is 6.07 Å². The number of ether oxygens (including phenoxy) is 3. The molecule has 7 nitrogen and oxygen atoms in total. The number of hydrazine groups is 1. The van der Waals surface area contributed by atoms with Crippen molar-refractivity contribution >= 4 is 23.2 Å². The van der Waals surface area contributed by atoms with Gasteiger partial charge in [-0.2, -0.15) is 5.26 Å². The number of nitrogens with one attached hydrogen (secondary N) is 2. The third kappa shape index (κ3) is 3.32. The summed E-state index contributed by atoms with van der Waals surface area (Å²) in [4.78, 5) is 0. The van der Waals surface area contributed by atoms with Gasteiger partial charge >= 0.3 is 0 Å². The van der Waals surface area contributed by atoms with Crippen LogP contribution >= 0.6 is 23.2 Å². The van der Waals surface area contributed by atoms with Crippen molar-refractivity contribution in [3.8, 4) is 17.6 Å². The molecule has 4 atom stereocenters. The molecule has 0 spiro atoms. The van der Waals surface area contributed by atoms with E-state index in [1.165, 1.54) is 0 Å². The van der Waals surface area contributed by atoms with Gasteiger partial charge in [0.25, 0.3) is 0 Å². The van der Waals surface area contributed by atoms with Gasteiger partial charge in [-0.3, -0.25) is 0 Å². The Balaban J connectivity index is 1.84. The fourth-order valence-corrected chi connectivity index (χ4v) is 4.59. The molecule has 0 aromatic heterocycles.